The van der Waals surface area contributed by atoms with E-state index in [4.69, 9.17) is 9.47 Å². The quantitative estimate of drug-likeness (QED) is 0.659. The van der Waals surface area contributed by atoms with Crippen LogP contribution in [-0.4, -0.2) is 32.1 Å². The van der Waals surface area contributed by atoms with E-state index in [9.17, 15) is 0 Å². The molecule has 0 aromatic rings. The van der Waals surface area contributed by atoms with Crippen LogP contribution in [0.3, 0.4) is 0 Å². The Bertz CT molecular complexity index is 105. The highest BCUT2D eigenvalue weighted by Gasteiger charge is 2.31. The summed E-state index contributed by atoms with van der Waals surface area (Å²) in [6.45, 7) is 7.31. The van der Waals surface area contributed by atoms with Crippen molar-refractivity contribution in [3.05, 3.63) is 0 Å². The van der Waals surface area contributed by atoms with Gasteiger partial charge in [-0.3, -0.25) is 0 Å². The van der Waals surface area contributed by atoms with Crippen molar-refractivity contribution in [1.82, 2.24) is 5.32 Å². The Kier molecular flexibility index (Phi) is 3.30. The molecule has 0 aromatic heterocycles. The Morgan fingerprint density at radius 2 is 2.36 bits per heavy atom. The van der Waals surface area contributed by atoms with Gasteiger partial charge in [0, 0.05) is 19.7 Å². The molecular weight excluding hydrogens is 142 g/mol. The molecule has 1 saturated heterocycles. The van der Waals surface area contributed by atoms with E-state index in [2.05, 4.69) is 12.2 Å². The third-order valence-electron chi connectivity index (χ3n) is 1.98. The minimum Gasteiger partial charge on any atom is -0.349 e. The van der Waals surface area contributed by atoms with Crippen molar-refractivity contribution in [3.63, 3.8) is 0 Å². The lowest BCUT2D eigenvalue weighted by Crippen LogP contribution is -2.51. The third-order valence-corrected chi connectivity index (χ3v) is 1.98. The van der Waals surface area contributed by atoms with Gasteiger partial charge in [-0.15, -0.1) is 0 Å². The van der Waals surface area contributed by atoms with Crippen molar-refractivity contribution in [1.29, 1.82) is 0 Å². The molecule has 0 aromatic carbocycles. The van der Waals surface area contributed by atoms with E-state index < -0.39 is 0 Å². The van der Waals surface area contributed by atoms with Gasteiger partial charge in [-0.05, 0) is 13.3 Å². The van der Waals surface area contributed by atoms with Crippen molar-refractivity contribution in [3.8, 4) is 0 Å². The van der Waals surface area contributed by atoms with Crippen LogP contribution in [0.1, 0.15) is 20.3 Å². The molecule has 66 valence electrons. The molecule has 0 spiro atoms. The highest BCUT2D eigenvalue weighted by atomic mass is 16.7. The normalized spacial score (nSPS) is 32.2. The van der Waals surface area contributed by atoms with Crippen LogP contribution < -0.4 is 5.32 Å². The van der Waals surface area contributed by atoms with Crippen molar-refractivity contribution in [2.75, 3.05) is 26.3 Å². The summed E-state index contributed by atoms with van der Waals surface area (Å²) < 4.78 is 11.1. The van der Waals surface area contributed by atoms with Gasteiger partial charge in [-0.2, -0.15) is 0 Å². The summed E-state index contributed by atoms with van der Waals surface area (Å²) >= 11 is 0. The molecule has 3 nitrogen and oxygen atoms in total. The molecule has 0 bridgehead atoms. The molecule has 11 heavy (non-hydrogen) atoms. The molecule has 1 heterocycles. The maximum absolute atomic E-state index is 5.57. The standard InChI is InChI=1S/C8H17NO2/c1-3-8(10-4-2)7-9-5-6-11-8/h9H,3-7H2,1-2H3. The number of nitrogens with one attached hydrogen (secondary N) is 1. The van der Waals surface area contributed by atoms with Crippen molar-refractivity contribution >= 4 is 0 Å². The van der Waals surface area contributed by atoms with Crippen LogP contribution in [0.25, 0.3) is 0 Å². The van der Waals surface area contributed by atoms with Gasteiger partial charge in [-0.1, -0.05) is 6.92 Å². The minimum absolute atomic E-state index is 0.340. The highest BCUT2D eigenvalue weighted by Crippen LogP contribution is 2.18. The van der Waals surface area contributed by atoms with E-state index in [1.54, 1.807) is 0 Å². The summed E-state index contributed by atoms with van der Waals surface area (Å²) in [6.07, 6.45) is 0.911. The first-order valence-electron chi connectivity index (χ1n) is 4.31. The Balaban J connectivity index is 2.42. The number of ether oxygens (including phenoxy) is 2. The van der Waals surface area contributed by atoms with Crippen molar-refractivity contribution in [2.45, 2.75) is 26.1 Å². The molecule has 1 unspecified atom stereocenters. The lowest BCUT2D eigenvalue weighted by atomic mass is 10.2. The second-order valence-electron chi connectivity index (χ2n) is 2.72. The van der Waals surface area contributed by atoms with Crippen LogP contribution >= 0.6 is 0 Å². The molecule has 1 aliphatic rings. The zero-order valence-electron chi connectivity index (χ0n) is 7.35. The Labute approximate surface area is 68.1 Å². The van der Waals surface area contributed by atoms with Crippen LogP contribution in [0.2, 0.25) is 0 Å². The van der Waals surface area contributed by atoms with E-state index in [-0.39, 0.29) is 5.79 Å². The van der Waals surface area contributed by atoms with Crippen molar-refractivity contribution in [2.24, 2.45) is 0 Å². The topological polar surface area (TPSA) is 30.5 Å². The van der Waals surface area contributed by atoms with Gasteiger partial charge in [0.1, 0.15) is 0 Å². The summed E-state index contributed by atoms with van der Waals surface area (Å²) in [5, 5.41) is 3.26. The molecule has 1 fully saturated rings. The van der Waals surface area contributed by atoms with E-state index in [0.29, 0.717) is 0 Å². The average molecular weight is 159 g/mol. The molecule has 3 heteroatoms. The molecule has 1 rings (SSSR count). The molecule has 0 radical (unpaired) electrons. The predicted molar refractivity (Wildman–Crippen MR) is 43.5 cm³/mol. The fraction of sp³-hybridized carbons (Fsp3) is 1.00. The lowest BCUT2D eigenvalue weighted by Gasteiger charge is -2.36. The van der Waals surface area contributed by atoms with Gasteiger partial charge in [0.25, 0.3) is 0 Å². The van der Waals surface area contributed by atoms with Crippen LogP contribution in [0.15, 0.2) is 0 Å². The zero-order chi connectivity index (χ0) is 8.16. The van der Waals surface area contributed by atoms with Gasteiger partial charge in [0.15, 0.2) is 5.79 Å². The Morgan fingerprint density at radius 1 is 1.55 bits per heavy atom. The van der Waals surface area contributed by atoms with Gasteiger partial charge >= 0.3 is 0 Å². The maximum Gasteiger partial charge on any atom is 0.180 e. The first-order valence-corrected chi connectivity index (χ1v) is 4.31. The van der Waals surface area contributed by atoms with Gasteiger partial charge in [0.2, 0.25) is 0 Å². The lowest BCUT2D eigenvalue weighted by molar-refractivity contribution is -0.245. The van der Waals surface area contributed by atoms with E-state index in [1.165, 1.54) is 0 Å². The smallest absolute Gasteiger partial charge is 0.180 e. The zero-order valence-corrected chi connectivity index (χ0v) is 7.35. The molecule has 0 saturated carbocycles. The first kappa shape index (κ1) is 8.97. The molecule has 1 N–H and O–H groups in total. The van der Waals surface area contributed by atoms with Crippen LogP contribution in [0.4, 0.5) is 0 Å². The average Bonchev–Trinajstić information content (AvgIpc) is 2.07. The fourth-order valence-corrected chi connectivity index (χ4v) is 1.32. The third kappa shape index (κ3) is 2.15. The second-order valence-corrected chi connectivity index (χ2v) is 2.72. The Morgan fingerprint density at radius 3 is 2.82 bits per heavy atom. The summed E-state index contributed by atoms with van der Waals surface area (Å²) in [6, 6.07) is 0. The van der Waals surface area contributed by atoms with Gasteiger partial charge in [-0.25, -0.2) is 0 Å². The maximum atomic E-state index is 5.57. The number of hydrogen-bond donors (Lipinski definition) is 1. The molecule has 1 atom stereocenters. The second kappa shape index (κ2) is 4.04. The largest absolute Gasteiger partial charge is 0.349 e. The van der Waals surface area contributed by atoms with E-state index in [1.807, 2.05) is 6.92 Å². The molecule has 1 aliphatic heterocycles. The van der Waals surface area contributed by atoms with Gasteiger partial charge in [0.05, 0.1) is 6.61 Å². The van der Waals surface area contributed by atoms with Crippen LogP contribution in [0.5, 0.6) is 0 Å². The number of morpholine rings is 1. The monoisotopic (exact) mass is 159 g/mol. The first-order chi connectivity index (χ1) is 5.33. The summed E-state index contributed by atoms with van der Waals surface area (Å²) in [7, 11) is 0. The van der Waals surface area contributed by atoms with E-state index in [0.717, 1.165) is 32.7 Å². The SMILES string of the molecule is CCOC1(CC)CNCCO1. The fourth-order valence-electron chi connectivity index (χ4n) is 1.32. The van der Waals surface area contributed by atoms with E-state index >= 15 is 0 Å². The molecule has 0 amide bonds. The van der Waals surface area contributed by atoms with Gasteiger partial charge < -0.3 is 14.8 Å². The van der Waals surface area contributed by atoms with Crippen molar-refractivity contribution < 1.29 is 9.47 Å². The molecule has 0 aliphatic carbocycles. The predicted octanol–water partition coefficient (Wildman–Crippen LogP) is 0.749. The van der Waals surface area contributed by atoms with Crippen LogP contribution in [0, 0.1) is 0 Å². The summed E-state index contributed by atoms with van der Waals surface area (Å²) in [5.41, 5.74) is 0. The highest BCUT2D eigenvalue weighted by molar-refractivity contribution is 4.75. The summed E-state index contributed by atoms with van der Waals surface area (Å²) in [5.74, 6) is -0.340. The van der Waals surface area contributed by atoms with Crippen LogP contribution in [-0.2, 0) is 9.47 Å². The molecular formula is C8H17NO2. The number of rotatable bonds is 3. The number of hydrogen-bond acceptors (Lipinski definition) is 3. The Hall–Kier alpha value is -0.120. The minimum atomic E-state index is -0.340. The summed E-state index contributed by atoms with van der Waals surface area (Å²) in [4.78, 5) is 0.